The fourth-order valence-electron chi connectivity index (χ4n) is 7.38. The van der Waals surface area contributed by atoms with Crippen LogP contribution in [0.15, 0.2) is 18.6 Å². The van der Waals surface area contributed by atoms with Crippen molar-refractivity contribution in [3.05, 3.63) is 35.3 Å². The predicted molar refractivity (Wildman–Crippen MR) is 154 cm³/mol. The van der Waals surface area contributed by atoms with E-state index in [-0.39, 0.29) is 40.6 Å². The van der Waals surface area contributed by atoms with E-state index >= 15 is 0 Å². The molecule has 41 heavy (non-hydrogen) atoms. The maximum Gasteiger partial charge on any atom is 0.256 e. The molecule has 0 aromatic carbocycles. The van der Waals surface area contributed by atoms with Crippen LogP contribution >= 0.6 is 0 Å². The second-order valence-corrected chi connectivity index (χ2v) is 16.0. The monoisotopic (exact) mass is 579 g/mol. The van der Waals surface area contributed by atoms with Crippen molar-refractivity contribution in [1.29, 1.82) is 0 Å². The van der Waals surface area contributed by atoms with Crippen LogP contribution in [0.4, 0.5) is 17.5 Å². The van der Waals surface area contributed by atoms with E-state index in [0.29, 0.717) is 31.6 Å². The Hall–Kier alpha value is -3.28. The molecule has 1 spiro atoms. The molecule has 6 heterocycles. The molecule has 1 saturated carbocycles. The van der Waals surface area contributed by atoms with Crippen molar-refractivity contribution in [3.8, 4) is 0 Å². The highest BCUT2D eigenvalue weighted by molar-refractivity contribution is 7.95. The number of nitrogens with zero attached hydrogens (tertiary/aromatic N) is 7. The number of amides is 2. The van der Waals surface area contributed by atoms with Gasteiger partial charge < -0.3 is 19.6 Å². The molecule has 12 heteroatoms. The minimum atomic E-state index is -3.40. The van der Waals surface area contributed by atoms with Gasteiger partial charge in [-0.15, -0.1) is 0 Å². The number of pyridine rings is 1. The van der Waals surface area contributed by atoms with Gasteiger partial charge in [0.05, 0.1) is 16.9 Å². The molecule has 2 aromatic rings. The summed E-state index contributed by atoms with van der Waals surface area (Å²) in [6.07, 6.45) is 5.62. The highest BCUT2D eigenvalue weighted by atomic mass is 32.2. The topological polar surface area (TPSA) is 120 Å². The van der Waals surface area contributed by atoms with Gasteiger partial charge in [-0.05, 0) is 51.7 Å². The van der Waals surface area contributed by atoms with Crippen molar-refractivity contribution in [2.45, 2.75) is 81.7 Å². The Bertz CT molecular complexity index is 1620. The van der Waals surface area contributed by atoms with Crippen LogP contribution in [0.25, 0.3) is 0 Å². The summed E-state index contributed by atoms with van der Waals surface area (Å²) in [5, 5.41) is 0. The molecule has 11 nitrogen and oxygen atoms in total. The zero-order chi connectivity index (χ0) is 29.3. The molecule has 0 N–H and O–H groups in total. The summed E-state index contributed by atoms with van der Waals surface area (Å²) in [4.78, 5) is 48.5. The first-order chi connectivity index (χ1) is 19.2. The molecule has 5 aliphatic rings. The van der Waals surface area contributed by atoms with Crippen LogP contribution in [0.1, 0.15) is 75.4 Å². The molecule has 2 aromatic heterocycles. The minimum Gasteiger partial charge on any atom is -0.350 e. The molecule has 2 amide bonds. The Morgan fingerprint density at radius 3 is 2.34 bits per heavy atom. The molecule has 3 fully saturated rings. The summed E-state index contributed by atoms with van der Waals surface area (Å²) in [5.74, 6) is 2.24. The summed E-state index contributed by atoms with van der Waals surface area (Å²) in [6.45, 7) is 11.6. The average Bonchev–Trinajstić information content (AvgIpc) is 3.67. The van der Waals surface area contributed by atoms with Crippen molar-refractivity contribution >= 4 is 39.1 Å². The summed E-state index contributed by atoms with van der Waals surface area (Å²) < 4.78 is 23.6. The third-order valence-corrected chi connectivity index (χ3v) is 12.9. The second kappa shape index (κ2) is 8.17. The van der Waals surface area contributed by atoms with Crippen LogP contribution in [-0.2, 0) is 25.6 Å². The van der Waals surface area contributed by atoms with Gasteiger partial charge >= 0.3 is 0 Å². The molecule has 7 rings (SSSR count). The first-order valence-electron chi connectivity index (χ1n) is 14.4. The average molecular weight is 580 g/mol. The summed E-state index contributed by atoms with van der Waals surface area (Å²) >= 11 is 0. The SMILES string of the molecule is C[C@@H]1CN(c2ncnc3c2C(C)(C)CN3c2cc3c(cn2)C(=O)N(C)C32CC2)[C@@H](C)CN1C(=O)[C@]1(C)CCS1(=O)=O. The third kappa shape index (κ3) is 3.42. The van der Waals surface area contributed by atoms with Crippen LogP contribution in [0.3, 0.4) is 0 Å². The third-order valence-electron chi connectivity index (χ3n) is 10.4. The number of fused-ring (bicyclic) bond motifs is 3. The predicted octanol–water partition coefficient (Wildman–Crippen LogP) is 2.38. The Balaban J connectivity index is 1.21. The Labute approximate surface area is 240 Å². The number of hydrogen-bond donors (Lipinski definition) is 0. The van der Waals surface area contributed by atoms with E-state index in [4.69, 9.17) is 15.0 Å². The number of rotatable bonds is 3. The van der Waals surface area contributed by atoms with Gasteiger partial charge in [-0.2, -0.15) is 0 Å². The number of aromatic nitrogens is 3. The van der Waals surface area contributed by atoms with Gasteiger partial charge in [0, 0.05) is 55.9 Å². The highest BCUT2D eigenvalue weighted by Crippen LogP contribution is 2.56. The maximum absolute atomic E-state index is 13.4. The van der Waals surface area contributed by atoms with E-state index in [2.05, 4.69) is 36.6 Å². The molecule has 1 aliphatic carbocycles. The number of piperazine rings is 1. The van der Waals surface area contributed by atoms with Gasteiger partial charge in [-0.3, -0.25) is 9.59 Å². The number of sulfone groups is 1. The Kier molecular flexibility index (Phi) is 5.30. The number of carbonyl (C=O) groups is 2. The van der Waals surface area contributed by atoms with Gasteiger partial charge in [0.1, 0.15) is 28.5 Å². The van der Waals surface area contributed by atoms with Gasteiger partial charge in [0.25, 0.3) is 5.91 Å². The number of hydrogen-bond acceptors (Lipinski definition) is 9. The molecule has 0 unspecified atom stereocenters. The van der Waals surface area contributed by atoms with Crippen molar-refractivity contribution in [2.24, 2.45) is 0 Å². The van der Waals surface area contributed by atoms with Gasteiger partial charge in [-0.25, -0.2) is 23.4 Å². The highest BCUT2D eigenvalue weighted by Gasteiger charge is 2.58. The molecule has 2 saturated heterocycles. The smallest absolute Gasteiger partial charge is 0.256 e. The normalized spacial score (nSPS) is 30.3. The standard InChI is InChI=1S/C29H37N7O4S/c1-17-14-35(26(38)28(5)9-10-41(28,39)40)18(2)13-34(17)23-22-24(32-16-31-23)36(15-27(22,3)4)21-11-20-19(12-30-21)25(37)33(6)29(20)7-8-29/h11-12,16-18H,7-10,13-15H2,1-6H3/t17-,18+,28-/m0/s1. The van der Waals surface area contributed by atoms with Crippen molar-refractivity contribution in [2.75, 3.05) is 42.2 Å². The zero-order valence-electron chi connectivity index (χ0n) is 24.5. The lowest BCUT2D eigenvalue weighted by Gasteiger charge is -2.49. The fraction of sp³-hybridized carbons (Fsp3) is 0.621. The molecule has 218 valence electrons. The van der Waals surface area contributed by atoms with E-state index in [1.165, 1.54) is 0 Å². The van der Waals surface area contributed by atoms with Crippen molar-refractivity contribution < 1.29 is 18.0 Å². The van der Waals surface area contributed by atoms with E-state index in [9.17, 15) is 18.0 Å². The lowest BCUT2D eigenvalue weighted by Crippen LogP contribution is -2.66. The van der Waals surface area contributed by atoms with Crippen LogP contribution < -0.4 is 9.80 Å². The summed E-state index contributed by atoms with van der Waals surface area (Å²) in [6, 6.07) is 1.82. The quantitative estimate of drug-likeness (QED) is 0.540. The molecule has 4 aliphatic heterocycles. The first kappa shape index (κ1) is 26.6. The first-order valence-corrected chi connectivity index (χ1v) is 16.1. The van der Waals surface area contributed by atoms with Crippen LogP contribution in [0, 0.1) is 0 Å². The molecular formula is C29H37N7O4S. The van der Waals surface area contributed by atoms with Crippen LogP contribution in [-0.4, -0.2) is 94.2 Å². The Morgan fingerprint density at radius 2 is 1.71 bits per heavy atom. The molecule has 3 atom stereocenters. The zero-order valence-corrected chi connectivity index (χ0v) is 25.3. The summed E-state index contributed by atoms with van der Waals surface area (Å²) in [7, 11) is -1.53. The largest absolute Gasteiger partial charge is 0.350 e. The molecular weight excluding hydrogens is 542 g/mol. The van der Waals surface area contributed by atoms with E-state index in [1.54, 1.807) is 24.3 Å². The second-order valence-electron chi connectivity index (χ2n) is 13.5. The van der Waals surface area contributed by atoms with Gasteiger partial charge in [-0.1, -0.05) is 13.8 Å². The summed E-state index contributed by atoms with van der Waals surface area (Å²) in [5.41, 5.74) is 2.29. The van der Waals surface area contributed by atoms with Crippen LogP contribution in [0.2, 0.25) is 0 Å². The van der Waals surface area contributed by atoms with E-state index in [0.717, 1.165) is 41.4 Å². The fourth-order valence-corrected chi connectivity index (χ4v) is 8.92. The number of carbonyl (C=O) groups excluding carboxylic acids is 2. The van der Waals surface area contributed by atoms with Crippen molar-refractivity contribution in [1.82, 2.24) is 24.8 Å². The lowest BCUT2D eigenvalue weighted by atomic mass is 9.87. The van der Waals surface area contributed by atoms with E-state index < -0.39 is 14.6 Å². The lowest BCUT2D eigenvalue weighted by molar-refractivity contribution is -0.137. The molecule has 0 bridgehead atoms. The van der Waals surface area contributed by atoms with Gasteiger partial charge in [0.2, 0.25) is 5.91 Å². The molecule has 0 radical (unpaired) electrons. The number of anilines is 3. The minimum absolute atomic E-state index is 0.0351. The Morgan fingerprint density at radius 1 is 1.00 bits per heavy atom. The van der Waals surface area contributed by atoms with Crippen LogP contribution in [0.5, 0.6) is 0 Å². The maximum atomic E-state index is 13.4. The van der Waals surface area contributed by atoms with E-state index in [1.807, 2.05) is 18.9 Å². The van der Waals surface area contributed by atoms with Crippen molar-refractivity contribution in [3.63, 3.8) is 0 Å². The van der Waals surface area contributed by atoms with Gasteiger partial charge in [0.15, 0.2) is 9.84 Å².